The molecule has 2 aromatic rings. The van der Waals surface area contributed by atoms with Crippen LogP contribution in [0.4, 0.5) is 10.5 Å². The van der Waals surface area contributed by atoms with Crippen LogP contribution in [0.2, 0.25) is 0 Å². The molecule has 0 bridgehead atoms. The number of anilines is 1. The summed E-state index contributed by atoms with van der Waals surface area (Å²) < 4.78 is 4.87. The fourth-order valence-electron chi connectivity index (χ4n) is 1.25. The van der Waals surface area contributed by atoms with Gasteiger partial charge in [-0.15, -0.1) is 0 Å². The quantitative estimate of drug-likeness (QED) is 0.781. The highest BCUT2D eigenvalue weighted by Crippen LogP contribution is 2.20. The number of aromatic nitrogens is 1. The summed E-state index contributed by atoms with van der Waals surface area (Å²) >= 11 is 0. The molecule has 3 N–H and O–H groups in total. The molecule has 2 rings (SSSR count). The smallest absolute Gasteiger partial charge is 0.316 e. The molecule has 0 aliphatic rings. The second-order valence-electron chi connectivity index (χ2n) is 2.94. The standard InChI is InChI=1S/C10H9N3O2/c11-10(14)13-8-3-1-2-7(4-8)9-5-15-6-12-9/h1-6H,(H3,11,13,14). The highest BCUT2D eigenvalue weighted by Gasteiger charge is 2.02. The van der Waals surface area contributed by atoms with E-state index in [2.05, 4.69) is 10.3 Å². The van der Waals surface area contributed by atoms with Gasteiger partial charge < -0.3 is 15.5 Å². The van der Waals surface area contributed by atoms with Gasteiger partial charge in [-0.25, -0.2) is 9.78 Å². The van der Waals surface area contributed by atoms with Crippen LogP contribution in [-0.4, -0.2) is 11.0 Å². The van der Waals surface area contributed by atoms with Crippen LogP contribution in [0, 0.1) is 0 Å². The predicted molar refractivity (Wildman–Crippen MR) is 55.1 cm³/mol. The molecule has 15 heavy (non-hydrogen) atoms. The molecule has 0 fully saturated rings. The number of benzene rings is 1. The third-order valence-corrected chi connectivity index (χ3v) is 1.86. The van der Waals surface area contributed by atoms with Gasteiger partial charge in [-0.2, -0.15) is 0 Å². The first-order chi connectivity index (χ1) is 7.25. The molecule has 1 aromatic heterocycles. The van der Waals surface area contributed by atoms with Gasteiger partial charge in [0.2, 0.25) is 0 Å². The topological polar surface area (TPSA) is 81.2 Å². The Hall–Kier alpha value is -2.30. The molecule has 0 saturated carbocycles. The Balaban J connectivity index is 2.31. The number of oxazole rings is 1. The summed E-state index contributed by atoms with van der Waals surface area (Å²) in [5.74, 6) is 0. The molecular formula is C10H9N3O2. The van der Waals surface area contributed by atoms with Crippen LogP contribution in [-0.2, 0) is 0 Å². The van der Waals surface area contributed by atoms with Crippen LogP contribution >= 0.6 is 0 Å². The molecule has 0 atom stereocenters. The van der Waals surface area contributed by atoms with Crippen LogP contribution in [0.5, 0.6) is 0 Å². The van der Waals surface area contributed by atoms with Crippen molar-refractivity contribution in [2.45, 2.75) is 0 Å². The molecule has 0 aliphatic carbocycles. The average molecular weight is 203 g/mol. The number of hydrogen-bond acceptors (Lipinski definition) is 3. The normalized spacial score (nSPS) is 9.87. The van der Waals surface area contributed by atoms with E-state index in [-0.39, 0.29) is 0 Å². The van der Waals surface area contributed by atoms with Gasteiger partial charge >= 0.3 is 6.03 Å². The zero-order chi connectivity index (χ0) is 10.7. The molecule has 1 aromatic carbocycles. The van der Waals surface area contributed by atoms with Crippen molar-refractivity contribution in [3.05, 3.63) is 36.9 Å². The molecule has 0 unspecified atom stereocenters. The zero-order valence-electron chi connectivity index (χ0n) is 7.81. The number of carbonyl (C=O) groups is 1. The van der Waals surface area contributed by atoms with E-state index < -0.39 is 6.03 Å². The minimum atomic E-state index is -0.590. The third-order valence-electron chi connectivity index (χ3n) is 1.86. The summed E-state index contributed by atoms with van der Waals surface area (Å²) in [7, 11) is 0. The lowest BCUT2D eigenvalue weighted by Gasteiger charge is -2.02. The number of carbonyl (C=O) groups excluding carboxylic acids is 1. The lowest BCUT2D eigenvalue weighted by molar-refractivity contribution is 0.259. The maximum atomic E-state index is 10.6. The van der Waals surface area contributed by atoms with Crippen LogP contribution in [0.1, 0.15) is 0 Å². The Labute approximate surface area is 85.9 Å². The van der Waals surface area contributed by atoms with Crippen LogP contribution < -0.4 is 11.1 Å². The average Bonchev–Trinajstić information content (AvgIpc) is 2.69. The molecule has 5 nitrogen and oxygen atoms in total. The second-order valence-corrected chi connectivity index (χ2v) is 2.94. The number of urea groups is 1. The van der Waals surface area contributed by atoms with Gasteiger partial charge in [-0.05, 0) is 12.1 Å². The Morgan fingerprint density at radius 1 is 1.47 bits per heavy atom. The number of hydrogen-bond donors (Lipinski definition) is 2. The highest BCUT2D eigenvalue weighted by atomic mass is 16.3. The predicted octanol–water partition coefficient (Wildman–Crippen LogP) is 1.83. The summed E-state index contributed by atoms with van der Waals surface area (Å²) in [5, 5.41) is 2.49. The van der Waals surface area contributed by atoms with E-state index in [1.54, 1.807) is 18.2 Å². The largest absolute Gasteiger partial charge is 0.451 e. The summed E-state index contributed by atoms with van der Waals surface area (Å²) in [6.45, 7) is 0. The first kappa shape index (κ1) is 9.26. The van der Waals surface area contributed by atoms with E-state index >= 15 is 0 Å². The van der Waals surface area contributed by atoms with Crippen molar-refractivity contribution in [2.75, 3.05) is 5.32 Å². The van der Waals surface area contributed by atoms with Crippen molar-refractivity contribution in [1.82, 2.24) is 4.98 Å². The van der Waals surface area contributed by atoms with Crippen LogP contribution in [0.3, 0.4) is 0 Å². The Kier molecular flexibility index (Phi) is 2.37. The lowest BCUT2D eigenvalue weighted by Crippen LogP contribution is -2.19. The Morgan fingerprint density at radius 2 is 2.33 bits per heavy atom. The minimum absolute atomic E-state index is 0.590. The fraction of sp³-hybridized carbons (Fsp3) is 0. The number of nitrogens with two attached hydrogens (primary N) is 1. The van der Waals surface area contributed by atoms with E-state index in [1.165, 1.54) is 12.7 Å². The number of rotatable bonds is 2. The molecule has 76 valence electrons. The Morgan fingerprint density at radius 3 is 3.00 bits per heavy atom. The molecule has 1 heterocycles. The first-order valence-electron chi connectivity index (χ1n) is 4.31. The van der Waals surface area contributed by atoms with Crippen molar-refractivity contribution in [1.29, 1.82) is 0 Å². The number of nitrogens with one attached hydrogen (secondary N) is 1. The van der Waals surface area contributed by atoms with E-state index in [9.17, 15) is 4.79 Å². The van der Waals surface area contributed by atoms with Crippen molar-refractivity contribution in [2.24, 2.45) is 5.73 Å². The number of amides is 2. The molecule has 0 aliphatic heterocycles. The van der Waals surface area contributed by atoms with E-state index in [1.807, 2.05) is 6.07 Å². The molecule has 0 saturated heterocycles. The second kappa shape index (κ2) is 3.83. The van der Waals surface area contributed by atoms with Crippen molar-refractivity contribution < 1.29 is 9.21 Å². The van der Waals surface area contributed by atoms with Crippen LogP contribution in [0.15, 0.2) is 41.3 Å². The summed E-state index contributed by atoms with van der Waals surface area (Å²) in [6.07, 6.45) is 2.88. The summed E-state index contributed by atoms with van der Waals surface area (Å²) in [5.41, 5.74) is 7.20. The molecule has 0 radical (unpaired) electrons. The zero-order valence-corrected chi connectivity index (χ0v) is 7.81. The SMILES string of the molecule is NC(=O)Nc1cccc(-c2cocn2)c1. The molecule has 5 heteroatoms. The van der Waals surface area contributed by atoms with E-state index in [4.69, 9.17) is 10.2 Å². The third kappa shape index (κ3) is 2.14. The molecule has 2 amide bonds. The number of primary amides is 1. The van der Waals surface area contributed by atoms with Crippen molar-refractivity contribution in [3.63, 3.8) is 0 Å². The first-order valence-corrected chi connectivity index (χ1v) is 4.31. The van der Waals surface area contributed by atoms with Crippen LogP contribution in [0.25, 0.3) is 11.3 Å². The van der Waals surface area contributed by atoms with Gasteiger partial charge in [0, 0.05) is 11.3 Å². The van der Waals surface area contributed by atoms with Gasteiger partial charge in [0.05, 0.1) is 0 Å². The van der Waals surface area contributed by atoms with E-state index in [0.717, 1.165) is 5.56 Å². The van der Waals surface area contributed by atoms with Gasteiger partial charge in [0.15, 0.2) is 6.39 Å². The van der Waals surface area contributed by atoms with Crippen molar-refractivity contribution in [3.8, 4) is 11.3 Å². The number of nitrogens with zero attached hydrogens (tertiary/aromatic N) is 1. The van der Waals surface area contributed by atoms with E-state index in [0.29, 0.717) is 11.4 Å². The highest BCUT2D eigenvalue weighted by molar-refractivity contribution is 5.88. The van der Waals surface area contributed by atoms with Crippen molar-refractivity contribution >= 4 is 11.7 Å². The maximum absolute atomic E-state index is 10.6. The summed E-state index contributed by atoms with van der Waals surface area (Å²) in [6, 6.07) is 6.59. The monoisotopic (exact) mass is 203 g/mol. The van der Waals surface area contributed by atoms with Gasteiger partial charge in [0.25, 0.3) is 0 Å². The van der Waals surface area contributed by atoms with Gasteiger partial charge in [-0.3, -0.25) is 0 Å². The fourth-order valence-corrected chi connectivity index (χ4v) is 1.25. The maximum Gasteiger partial charge on any atom is 0.316 e. The lowest BCUT2D eigenvalue weighted by atomic mass is 10.1. The minimum Gasteiger partial charge on any atom is -0.451 e. The molecular weight excluding hydrogens is 194 g/mol. The summed E-state index contributed by atoms with van der Waals surface area (Å²) in [4.78, 5) is 14.6. The van der Waals surface area contributed by atoms with Gasteiger partial charge in [-0.1, -0.05) is 12.1 Å². The van der Waals surface area contributed by atoms with Gasteiger partial charge in [0.1, 0.15) is 12.0 Å². The Bertz CT molecular complexity index is 465. The molecule has 0 spiro atoms.